The van der Waals surface area contributed by atoms with Crippen LogP contribution < -0.4 is 0 Å². The van der Waals surface area contributed by atoms with Crippen LogP contribution in [0, 0.1) is 18.2 Å². The zero-order chi connectivity index (χ0) is 18.0. The predicted octanol–water partition coefficient (Wildman–Crippen LogP) is 6.98. The van der Waals surface area contributed by atoms with Crippen LogP contribution in [-0.2, 0) is 27.5 Å². The molecule has 138 valence electrons. The van der Waals surface area contributed by atoms with Crippen molar-refractivity contribution >= 4 is 8.19 Å². The second-order valence-corrected chi connectivity index (χ2v) is 6.91. The summed E-state index contributed by atoms with van der Waals surface area (Å²) < 4.78 is 0. The molecule has 0 amide bonds. The fourth-order valence-corrected chi connectivity index (χ4v) is 3.64. The van der Waals surface area contributed by atoms with Crippen LogP contribution in [0.5, 0.6) is 0 Å². The number of rotatable bonds is 3. The Morgan fingerprint density at radius 2 is 1.33 bits per heavy atom. The van der Waals surface area contributed by atoms with Gasteiger partial charge in [-0.05, 0) is 6.07 Å². The van der Waals surface area contributed by atoms with Gasteiger partial charge in [0.25, 0.3) is 0 Å². The molecule has 1 heterocycles. The van der Waals surface area contributed by atoms with Gasteiger partial charge in [-0.25, -0.2) is 11.1 Å². The van der Waals surface area contributed by atoms with Crippen LogP contribution in [0.2, 0.25) is 0 Å². The van der Waals surface area contributed by atoms with Crippen LogP contribution in [0.1, 0.15) is 12.5 Å². The molecule has 0 aliphatic carbocycles. The smallest absolute Gasteiger partial charge is 0.102 e. The van der Waals surface area contributed by atoms with E-state index in [4.69, 9.17) is 0 Å². The van der Waals surface area contributed by atoms with Crippen LogP contribution in [0.15, 0.2) is 90.7 Å². The molecule has 4 aromatic rings. The quantitative estimate of drug-likeness (QED) is 0.243. The number of aryl methyl sites for hydroxylation is 1. The maximum Gasteiger partial charge on any atom is 0.102 e. The molecule has 2 heteroatoms. The second kappa shape index (κ2) is 11.7. The van der Waals surface area contributed by atoms with Crippen molar-refractivity contribution < 1.29 is 21.1 Å². The van der Waals surface area contributed by atoms with Crippen molar-refractivity contribution in [2.24, 2.45) is 0 Å². The van der Waals surface area contributed by atoms with Crippen LogP contribution in [0.4, 0.5) is 0 Å². The van der Waals surface area contributed by atoms with Crippen molar-refractivity contribution in [1.29, 1.82) is 0 Å². The first-order valence-electron chi connectivity index (χ1n) is 8.79. The van der Waals surface area contributed by atoms with E-state index in [1.54, 1.807) is 0 Å². The van der Waals surface area contributed by atoms with Gasteiger partial charge in [-0.3, -0.25) is 0 Å². The summed E-state index contributed by atoms with van der Waals surface area (Å²) in [5.41, 5.74) is 4.89. The molecular weight excluding hydrogens is 526 g/mol. The summed E-state index contributed by atoms with van der Waals surface area (Å²) >= 11 is 0. The van der Waals surface area contributed by atoms with Crippen LogP contribution in [0.3, 0.4) is 0 Å². The van der Waals surface area contributed by atoms with Gasteiger partial charge in [0.1, 0.15) is 5.80 Å². The van der Waals surface area contributed by atoms with E-state index in [9.17, 15) is 0 Å². The van der Waals surface area contributed by atoms with E-state index in [1.165, 1.54) is 16.4 Å². The normalized spacial score (nSPS) is 9.81. The van der Waals surface area contributed by atoms with E-state index in [0.29, 0.717) is 0 Å². The molecule has 0 aliphatic heterocycles. The summed E-state index contributed by atoms with van der Waals surface area (Å²) in [6.45, 7) is 2.19. The third-order valence-electron chi connectivity index (χ3n) is 4.01. The van der Waals surface area contributed by atoms with Gasteiger partial charge in [0.15, 0.2) is 0 Å². The van der Waals surface area contributed by atoms with E-state index in [1.807, 2.05) is 54.6 Å². The molecule has 0 spiro atoms. The Bertz CT molecular complexity index is 869. The molecule has 0 fully saturated rings. The first-order chi connectivity index (χ1) is 12.9. The van der Waals surface area contributed by atoms with Crippen LogP contribution in [0.25, 0.3) is 22.0 Å². The molecule has 0 radical (unpaired) electrons. The molecule has 27 heavy (non-hydrogen) atoms. The van der Waals surface area contributed by atoms with Crippen molar-refractivity contribution in [2.45, 2.75) is 13.3 Å². The van der Waals surface area contributed by atoms with Crippen LogP contribution >= 0.6 is 8.19 Å². The zero-order valence-corrected chi connectivity index (χ0v) is 18.5. The predicted molar refractivity (Wildman–Crippen MR) is 114 cm³/mol. The standard InChI is InChI=1S/C13H12P.C12H8.Pt/c1-2-11-7-3-4-8-12(11)13-9-5-6-10-14-13;1-3-7-11(8-4-1)12-9-5-2-6-10-12;/h3-7,9-10H,2H2,1H3;1-7,9H;/q-1;-2;/p+1. The first-order valence-corrected chi connectivity index (χ1v) is 9.86. The van der Waals surface area contributed by atoms with Crippen molar-refractivity contribution in [3.05, 3.63) is 114 Å². The van der Waals surface area contributed by atoms with E-state index in [2.05, 4.69) is 61.3 Å². The fraction of sp³-hybridized carbons (Fsp3) is 0.0800. The largest absolute Gasteiger partial charge is 0.226 e. The van der Waals surface area contributed by atoms with E-state index in [0.717, 1.165) is 25.7 Å². The Hall–Kier alpha value is -2.00. The Morgan fingerprint density at radius 1 is 0.704 bits per heavy atom. The van der Waals surface area contributed by atoms with Gasteiger partial charge in [0, 0.05) is 21.1 Å². The van der Waals surface area contributed by atoms with Gasteiger partial charge in [0.2, 0.25) is 0 Å². The third-order valence-corrected chi connectivity index (χ3v) is 5.10. The molecule has 4 rings (SSSR count). The maximum absolute atomic E-state index is 3.34. The molecule has 0 saturated carbocycles. The molecule has 1 atom stereocenters. The van der Waals surface area contributed by atoms with Crippen molar-refractivity contribution in [3.8, 4) is 22.0 Å². The zero-order valence-electron chi connectivity index (χ0n) is 15.2. The van der Waals surface area contributed by atoms with E-state index in [-0.39, 0.29) is 21.1 Å². The minimum absolute atomic E-state index is 0. The number of hydrogen-bond donors (Lipinski definition) is 0. The summed E-state index contributed by atoms with van der Waals surface area (Å²) in [4.78, 5) is 0. The Balaban J connectivity index is 0.000000189. The average molecular weight is 547 g/mol. The summed E-state index contributed by atoms with van der Waals surface area (Å²) in [5.74, 6) is 2.22. The van der Waals surface area contributed by atoms with Crippen molar-refractivity contribution in [3.63, 3.8) is 0 Å². The minimum atomic E-state index is 0. The summed E-state index contributed by atoms with van der Waals surface area (Å²) in [6, 6.07) is 38.1. The Labute approximate surface area is 178 Å². The summed E-state index contributed by atoms with van der Waals surface area (Å²) in [7, 11) is 0.788. The molecule has 0 aliphatic rings. The third kappa shape index (κ3) is 6.28. The van der Waals surface area contributed by atoms with E-state index >= 15 is 0 Å². The van der Waals surface area contributed by atoms with Crippen LogP contribution in [-0.4, -0.2) is 0 Å². The summed E-state index contributed by atoms with van der Waals surface area (Å²) in [6.07, 6.45) is 1.08. The SMILES string of the molecule is CCc1ccc[c-]c1-c1cccc[pH+]1.[Pt].[c-]1ccccc1-c1[c-]cccc1. The van der Waals surface area contributed by atoms with Crippen molar-refractivity contribution in [2.75, 3.05) is 0 Å². The molecule has 1 unspecified atom stereocenters. The van der Waals surface area contributed by atoms with Gasteiger partial charge in [-0.15, -0.1) is 42.0 Å². The van der Waals surface area contributed by atoms with Gasteiger partial charge in [-0.2, -0.15) is 48.5 Å². The van der Waals surface area contributed by atoms with Gasteiger partial charge in [0.05, 0.1) is 13.5 Å². The summed E-state index contributed by atoms with van der Waals surface area (Å²) in [5, 5.41) is 1.41. The molecular formula is C25H21PPt-2. The molecule has 3 aromatic carbocycles. The van der Waals surface area contributed by atoms with Gasteiger partial charge < -0.3 is 0 Å². The second-order valence-electron chi connectivity index (χ2n) is 5.75. The first kappa shape index (κ1) is 21.3. The molecule has 0 nitrogen and oxygen atoms in total. The van der Waals surface area contributed by atoms with E-state index < -0.39 is 0 Å². The number of benzene rings is 3. The van der Waals surface area contributed by atoms with Gasteiger partial charge >= 0.3 is 0 Å². The molecule has 1 aromatic heterocycles. The number of hydrogen-bond acceptors (Lipinski definition) is 0. The molecule has 0 saturated heterocycles. The average Bonchev–Trinajstić information content (AvgIpc) is 2.76. The monoisotopic (exact) mass is 547 g/mol. The minimum Gasteiger partial charge on any atom is -0.226 e. The molecule has 0 bridgehead atoms. The Morgan fingerprint density at radius 3 is 1.85 bits per heavy atom. The maximum atomic E-state index is 3.34. The molecule has 0 N–H and O–H groups in total. The Kier molecular flexibility index (Phi) is 9.20. The topological polar surface area (TPSA) is 0 Å². The fourth-order valence-electron chi connectivity index (χ4n) is 2.69. The van der Waals surface area contributed by atoms with Crippen molar-refractivity contribution in [1.82, 2.24) is 0 Å². The van der Waals surface area contributed by atoms with Gasteiger partial charge in [-0.1, -0.05) is 31.0 Å².